The summed E-state index contributed by atoms with van der Waals surface area (Å²) in [6.07, 6.45) is 12.0. The zero-order valence-electron chi connectivity index (χ0n) is 25.5. The van der Waals surface area contributed by atoms with Gasteiger partial charge in [-0.25, -0.2) is 0 Å². The number of carbonyl (C=O) groups excluding carboxylic acids is 2. The first-order chi connectivity index (χ1) is 19.8. The molecule has 41 heavy (non-hydrogen) atoms. The van der Waals surface area contributed by atoms with Gasteiger partial charge in [-0.05, 0) is 68.4 Å². The molecule has 8 atom stereocenters. The number of nitrogens with zero attached hydrogens (tertiary/aromatic N) is 4. The van der Waals surface area contributed by atoms with Gasteiger partial charge in [0.05, 0.1) is 5.92 Å². The molecule has 10 heteroatoms. The van der Waals surface area contributed by atoms with Crippen molar-refractivity contribution >= 4 is 23.8 Å². The van der Waals surface area contributed by atoms with E-state index in [4.69, 9.17) is 16.3 Å². The van der Waals surface area contributed by atoms with Crippen molar-refractivity contribution in [2.75, 3.05) is 39.4 Å². The van der Waals surface area contributed by atoms with Gasteiger partial charge in [0.2, 0.25) is 5.91 Å². The minimum Gasteiger partial charge on any atom is -0.381 e. The van der Waals surface area contributed by atoms with Crippen LogP contribution in [0.3, 0.4) is 0 Å². The summed E-state index contributed by atoms with van der Waals surface area (Å²) in [6.45, 7) is 10.3. The predicted octanol–water partition coefficient (Wildman–Crippen LogP) is 5.32. The van der Waals surface area contributed by atoms with E-state index < -0.39 is 5.41 Å². The van der Waals surface area contributed by atoms with E-state index in [1.54, 1.807) is 0 Å². The summed E-state index contributed by atoms with van der Waals surface area (Å²) in [6, 6.07) is 0.738. The largest absolute Gasteiger partial charge is 0.381 e. The minimum atomic E-state index is -0.604. The molecule has 2 N–H and O–H groups in total. The van der Waals surface area contributed by atoms with Gasteiger partial charge < -0.3 is 20.2 Å². The fourth-order valence-corrected chi connectivity index (χ4v) is 9.43. The van der Waals surface area contributed by atoms with Crippen LogP contribution in [-0.4, -0.2) is 80.0 Å². The van der Waals surface area contributed by atoms with Gasteiger partial charge in [0.15, 0.2) is 0 Å². The van der Waals surface area contributed by atoms with Crippen LogP contribution in [0.4, 0.5) is 0 Å². The quantitative estimate of drug-likeness (QED) is 0.0841. The first-order valence-corrected chi connectivity index (χ1v) is 16.7. The number of hydrogen-bond acceptors (Lipinski definition) is 6. The molecule has 4 aliphatic rings. The van der Waals surface area contributed by atoms with Gasteiger partial charge in [0, 0.05) is 66.7 Å². The molecule has 4 rings (SSSR count). The van der Waals surface area contributed by atoms with E-state index in [1.165, 1.54) is 38.5 Å². The highest BCUT2D eigenvalue weighted by molar-refractivity contribution is 6.20. The van der Waals surface area contributed by atoms with Crippen molar-refractivity contribution in [3.63, 3.8) is 0 Å². The van der Waals surface area contributed by atoms with E-state index >= 15 is 0 Å². The highest BCUT2D eigenvalue weighted by Gasteiger charge is 2.50. The number of amides is 1. The van der Waals surface area contributed by atoms with Gasteiger partial charge >= 0.3 is 0 Å². The normalized spacial score (nSPS) is 37.7. The molecule has 0 bridgehead atoms. The Bertz CT molecular complexity index is 904. The molecule has 2 saturated heterocycles. The van der Waals surface area contributed by atoms with E-state index in [-0.39, 0.29) is 47.0 Å². The molecule has 0 aromatic rings. The lowest BCUT2D eigenvalue weighted by Gasteiger charge is -2.51. The second-order valence-corrected chi connectivity index (χ2v) is 14.0. The van der Waals surface area contributed by atoms with Crippen LogP contribution in [0.1, 0.15) is 85.0 Å². The highest BCUT2D eigenvalue weighted by atomic mass is 35.5. The molecule has 2 heterocycles. The van der Waals surface area contributed by atoms with E-state index in [0.717, 1.165) is 45.3 Å². The van der Waals surface area contributed by atoms with Crippen LogP contribution in [0.15, 0.2) is 5.11 Å². The van der Waals surface area contributed by atoms with Crippen molar-refractivity contribution < 1.29 is 14.3 Å². The number of hydrogen-bond donors (Lipinski definition) is 2. The first-order valence-electron chi connectivity index (χ1n) is 16.3. The maximum atomic E-state index is 13.4. The lowest BCUT2D eigenvalue weighted by atomic mass is 9.64. The summed E-state index contributed by atoms with van der Waals surface area (Å²) < 4.78 is 5.63. The summed E-state index contributed by atoms with van der Waals surface area (Å²) in [7, 11) is 0. The monoisotopic (exact) mass is 592 g/mol. The fourth-order valence-electron chi connectivity index (χ4n) is 8.96. The van der Waals surface area contributed by atoms with Crippen molar-refractivity contribution in [2.24, 2.45) is 40.1 Å². The number of carbonyl (C=O) groups is 2. The average Bonchev–Trinajstić information content (AvgIpc) is 3.25. The van der Waals surface area contributed by atoms with Gasteiger partial charge in [-0.3, -0.25) is 9.69 Å². The van der Waals surface area contributed by atoms with Gasteiger partial charge in [0.1, 0.15) is 6.29 Å². The molecule has 2 saturated carbocycles. The third kappa shape index (κ3) is 7.59. The van der Waals surface area contributed by atoms with Gasteiger partial charge in [-0.1, -0.05) is 57.5 Å². The molecule has 0 aromatic heterocycles. The van der Waals surface area contributed by atoms with E-state index in [1.807, 2.05) is 0 Å². The smallest absolute Gasteiger partial charge is 0.224 e. The predicted molar refractivity (Wildman–Crippen MR) is 163 cm³/mol. The summed E-state index contributed by atoms with van der Waals surface area (Å²) in [5.74, 6) is 0.643. The van der Waals surface area contributed by atoms with Crippen molar-refractivity contribution in [3.05, 3.63) is 10.4 Å². The van der Waals surface area contributed by atoms with Gasteiger partial charge in [-0.15, -0.1) is 11.6 Å². The molecule has 2 aliphatic carbocycles. The van der Waals surface area contributed by atoms with Crippen LogP contribution in [0, 0.1) is 35.0 Å². The number of halogens is 1. The summed E-state index contributed by atoms with van der Waals surface area (Å²) >= 11 is 6.90. The number of piperidine rings is 1. The lowest BCUT2D eigenvalue weighted by Crippen LogP contribution is -2.60. The Morgan fingerprint density at radius 2 is 1.90 bits per heavy atom. The van der Waals surface area contributed by atoms with Crippen molar-refractivity contribution in [1.82, 2.24) is 15.5 Å². The van der Waals surface area contributed by atoms with Crippen LogP contribution in [0.2, 0.25) is 0 Å². The molecule has 0 radical (unpaired) electrons. The van der Waals surface area contributed by atoms with Crippen molar-refractivity contribution in [2.45, 2.75) is 108 Å². The van der Waals surface area contributed by atoms with Crippen LogP contribution in [0.25, 0.3) is 10.4 Å². The number of nitrogens with one attached hydrogen (secondary N) is 2. The van der Waals surface area contributed by atoms with Gasteiger partial charge in [-0.2, -0.15) is 0 Å². The number of azide groups is 1. The third-order valence-electron chi connectivity index (χ3n) is 11.2. The Labute approximate surface area is 251 Å². The number of rotatable bonds is 11. The maximum Gasteiger partial charge on any atom is 0.224 e. The molecule has 4 fully saturated rings. The summed E-state index contributed by atoms with van der Waals surface area (Å²) in [4.78, 5) is 31.9. The van der Waals surface area contributed by atoms with E-state index in [9.17, 15) is 15.1 Å². The molecule has 9 nitrogen and oxygen atoms in total. The Kier molecular flexibility index (Phi) is 12.2. The van der Waals surface area contributed by atoms with Gasteiger partial charge in [0.25, 0.3) is 0 Å². The number of alkyl halides is 1. The van der Waals surface area contributed by atoms with E-state index in [0.29, 0.717) is 38.0 Å². The molecule has 8 unspecified atom stereocenters. The third-order valence-corrected chi connectivity index (χ3v) is 11.5. The second kappa shape index (κ2) is 15.4. The number of ether oxygens (including phenoxy) is 1. The molecule has 2 aliphatic heterocycles. The zero-order chi connectivity index (χ0) is 29.4. The SMILES string of the molecule is CCN(C1CCOCC1)C1CC(Cl)CC(C=O)(CNCC2C(=O)NC(C)C(C3CCCCCC3)C2CN=[N+]=[N-])C1C. The Morgan fingerprint density at radius 1 is 1.20 bits per heavy atom. The standard InChI is InChI=1S/C31H53ClN6O3/c1-4-38(25-11-13-41-14-12-25)28-15-24(32)16-31(20-39,21(28)2)19-34-17-27-26(18-35-37-33)29(22(3)36-30(27)40)23-9-7-5-6-8-10-23/h20-29,34H,4-19H2,1-3H3,(H,36,40). The summed E-state index contributed by atoms with van der Waals surface area (Å²) in [5, 5.41) is 10.8. The Morgan fingerprint density at radius 3 is 2.54 bits per heavy atom. The molecule has 0 spiro atoms. The molecular formula is C31H53ClN6O3. The molecule has 232 valence electrons. The van der Waals surface area contributed by atoms with Crippen LogP contribution >= 0.6 is 11.6 Å². The molecule has 1 amide bonds. The second-order valence-electron chi connectivity index (χ2n) is 13.4. The summed E-state index contributed by atoms with van der Waals surface area (Å²) in [5.41, 5.74) is 8.58. The maximum absolute atomic E-state index is 13.4. The molecular weight excluding hydrogens is 540 g/mol. The number of aldehydes is 1. The van der Waals surface area contributed by atoms with Crippen LogP contribution < -0.4 is 10.6 Å². The average molecular weight is 593 g/mol. The van der Waals surface area contributed by atoms with Crippen molar-refractivity contribution in [1.29, 1.82) is 0 Å². The zero-order valence-corrected chi connectivity index (χ0v) is 26.2. The molecule has 0 aromatic carbocycles. The van der Waals surface area contributed by atoms with Crippen LogP contribution in [-0.2, 0) is 14.3 Å². The highest BCUT2D eigenvalue weighted by Crippen LogP contribution is 2.45. The Balaban J connectivity index is 1.49. The topological polar surface area (TPSA) is 119 Å². The van der Waals surface area contributed by atoms with Crippen LogP contribution in [0.5, 0.6) is 0 Å². The van der Waals surface area contributed by atoms with Crippen molar-refractivity contribution in [3.8, 4) is 0 Å². The van der Waals surface area contributed by atoms with E-state index in [2.05, 4.69) is 46.3 Å². The fraction of sp³-hybridized carbons (Fsp3) is 0.935. The minimum absolute atomic E-state index is 0.0150. The Hall–Kier alpha value is -1.38. The first kappa shape index (κ1) is 32.5. The lowest BCUT2D eigenvalue weighted by molar-refractivity contribution is -0.133.